The molecule has 0 saturated heterocycles. The summed E-state index contributed by atoms with van der Waals surface area (Å²) in [4.78, 5) is 26.1. The summed E-state index contributed by atoms with van der Waals surface area (Å²) in [6.07, 6.45) is -0.539. The molecule has 0 heterocycles. The molecule has 1 amide bonds. The second kappa shape index (κ2) is 10.1. The van der Waals surface area contributed by atoms with Crippen LogP contribution in [-0.4, -0.2) is 36.4 Å². The van der Waals surface area contributed by atoms with Gasteiger partial charge in [-0.3, -0.25) is 9.59 Å². The molecule has 1 saturated carbocycles. The molecule has 9 heteroatoms. The van der Waals surface area contributed by atoms with Crippen LogP contribution in [0.1, 0.15) is 45.8 Å². The molecule has 0 aromatic heterocycles. The monoisotopic (exact) mass is 517 g/mol. The number of halogens is 6. The summed E-state index contributed by atoms with van der Waals surface area (Å²) in [5, 5.41) is -0.135. The lowest BCUT2D eigenvalue weighted by Gasteiger charge is -2.18. The predicted molar refractivity (Wildman–Crippen MR) is 125 cm³/mol. The second-order valence-corrected chi connectivity index (χ2v) is 9.34. The molecule has 1 atom stereocenters. The number of nitrogens with zero attached hydrogens (tertiary/aromatic N) is 1. The molecule has 0 bridgehead atoms. The first-order valence-corrected chi connectivity index (χ1v) is 11.3. The maximum atomic E-state index is 13.7. The molecule has 3 nitrogen and oxygen atoms in total. The summed E-state index contributed by atoms with van der Waals surface area (Å²) in [7, 11) is 1.59. The molecule has 0 aliphatic heterocycles. The van der Waals surface area contributed by atoms with Crippen molar-refractivity contribution in [3.05, 3.63) is 73.7 Å². The van der Waals surface area contributed by atoms with Crippen molar-refractivity contribution in [3.8, 4) is 0 Å². The van der Waals surface area contributed by atoms with E-state index in [1.165, 1.54) is 11.0 Å². The molecule has 1 aliphatic carbocycles. The minimum atomic E-state index is -4.58. The van der Waals surface area contributed by atoms with Crippen molar-refractivity contribution < 1.29 is 22.8 Å². The Kier molecular flexibility index (Phi) is 7.82. The minimum Gasteiger partial charge on any atom is -0.338 e. The Hall–Kier alpha value is -2.02. The van der Waals surface area contributed by atoms with E-state index in [2.05, 4.69) is 0 Å². The van der Waals surface area contributed by atoms with Crippen LogP contribution in [0, 0.1) is 12.8 Å². The number of Topliss-reactive ketones (excluding diaryl/α,β-unsaturated/α-hetero) is 1. The number of alkyl halides is 3. The molecule has 1 aliphatic rings. The molecular weight excluding hydrogens is 498 g/mol. The van der Waals surface area contributed by atoms with Crippen LogP contribution in [0.4, 0.5) is 13.2 Å². The molecule has 0 radical (unpaired) electrons. The SMILES string of the molecule is Cc1cc(/C=C/C(c2cc(Cl)c(Cl)c(Cl)c2)C(F)(F)F)ccc1C(=O)CN(C)C(=O)C1CC1. The van der Waals surface area contributed by atoms with E-state index in [1.54, 1.807) is 32.2 Å². The summed E-state index contributed by atoms with van der Waals surface area (Å²) < 4.78 is 41.2. The standard InChI is InChI=1S/C24H21Cl3F3NO2/c1-13-9-14(3-7-17(13)21(32)12-31(2)23(33)15-5-6-15)4-8-18(24(28,29)30)16-10-19(25)22(27)20(26)11-16/h3-4,7-11,15,18H,5-6,12H2,1-2H3/b8-4+. The molecule has 2 aromatic carbocycles. The number of amides is 1. The Morgan fingerprint density at radius 1 is 1.12 bits per heavy atom. The molecule has 33 heavy (non-hydrogen) atoms. The van der Waals surface area contributed by atoms with Gasteiger partial charge in [0.05, 0.1) is 27.5 Å². The van der Waals surface area contributed by atoms with Crippen molar-refractivity contribution in [2.24, 2.45) is 5.92 Å². The van der Waals surface area contributed by atoms with E-state index in [9.17, 15) is 22.8 Å². The third-order valence-electron chi connectivity index (χ3n) is 5.43. The molecule has 1 fully saturated rings. The van der Waals surface area contributed by atoms with Crippen molar-refractivity contribution in [1.29, 1.82) is 0 Å². The van der Waals surface area contributed by atoms with Gasteiger partial charge in [0.1, 0.15) is 0 Å². The first-order chi connectivity index (χ1) is 15.4. The van der Waals surface area contributed by atoms with Gasteiger partial charge in [0.15, 0.2) is 5.78 Å². The zero-order valence-corrected chi connectivity index (χ0v) is 20.1. The Balaban J connectivity index is 1.80. The van der Waals surface area contributed by atoms with Gasteiger partial charge in [-0.25, -0.2) is 0 Å². The summed E-state index contributed by atoms with van der Waals surface area (Å²) in [5.41, 5.74) is 1.39. The van der Waals surface area contributed by atoms with E-state index in [-0.39, 0.29) is 44.8 Å². The quantitative estimate of drug-likeness (QED) is 0.283. The molecule has 176 valence electrons. The summed E-state index contributed by atoms with van der Waals surface area (Å²) in [6, 6.07) is 7.04. The van der Waals surface area contributed by atoms with Crippen LogP contribution in [0.3, 0.4) is 0 Å². The van der Waals surface area contributed by atoms with Crippen LogP contribution in [0.2, 0.25) is 15.1 Å². The third-order valence-corrected chi connectivity index (χ3v) is 6.63. The first kappa shape index (κ1) is 25.6. The van der Waals surface area contributed by atoms with Gasteiger partial charge in [0.25, 0.3) is 0 Å². The van der Waals surface area contributed by atoms with Crippen LogP contribution in [-0.2, 0) is 4.79 Å². The van der Waals surface area contributed by atoms with Gasteiger partial charge in [-0.05, 0) is 48.6 Å². The number of benzene rings is 2. The molecule has 0 spiro atoms. The number of carbonyl (C=O) groups is 2. The predicted octanol–water partition coefficient (Wildman–Crippen LogP) is 7.37. The summed E-state index contributed by atoms with van der Waals surface area (Å²) in [6.45, 7) is 1.66. The fourth-order valence-electron chi connectivity index (χ4n) is 3.50. The summed E-state index contributed by atoms with van der Waals surface area (Å²) in [5.74, 6) is -2.20. The first-order valence-electron chi connectivity index (χ1n) is 10.2. The molecule has 1 unspecified atom stereocenters. The number of allylic oxidation sites excluding steroid dienone is 1. The topological polar surface area (TPSA) is 37.4 Å². The minimum absolute atomic E-state index is 0.00709. The van der Waals surface area contributed by atoms with Gasteiger partial charge in [-0.1, -0.05) is 65.2 Å². The lowest BCUT2D eigenvalue weighted by Crippen LogP contribution is -2.33. The van der Waals surface area contributed by atoms with Crippen molar-refractivity contribution in [2.75, 3.05) is 13.6 Å². The Bertz CT molecular complexity index is 1090. The maximum absolute atomic E-state index is 13.7. The lowest BCUT2D eigenvalue weighted by atomic mass is 9.96. The van der Waals surface area contributed by atoms with Crippen molar-refractivity contribution >= 4 is 52.6 Å². The van der Waals surface area contributed by atoms with E-state index >= 15 is 0 Å². The van der Waals surface area contributed by atoms with Crippen molar-refractivity contribution in [1.82, 2.24) is 4.90 Å². The zero-order chi connectivity index (χ0) is 24.5. The van der Waals surface area contributed by atoms with Gasteiger partial charge >= 0.3 is 6.18 Å². The average Bonchev–Trinajstić information content (AvgIpc) is 3.55. The third kappa shape index (κ3) is 6.31. The van der Waals surface area contributed by atoms with Crippen LogP contribution in [0.15, 0.2) is 36.4 Å². The smallest absolute Gasteiger partial charge is 0.338 e. The van der Waals surface area contributed by atoms with Gasteiger partial charge in [0.2, 0.25) is 5.91 Å². The largest absolute Gasteiger partial charge is 0.399 e. The Morgan fingerprint density at radius 2 is 1.73 bits per heavy atom. The number of hydrogen-bond donors (Lipinski definition) is 0. The molecule has 2 aromatic rings. The van der Waals surface area contributed by atoms with Crippen LogP contribution < -0.4 is 0 Å². The van der Waals surface area contributed by atoms with E-state index in [1.807, 2.05) is 0 Å². The number of carbonyl (C=O) groups excluding carboxylic acids is 2. The van der Waals surface area contributed by atoms with E-state index < -0.39 is 12.1 Å². The highest BCUT2D eigenvalue weighted by atomic mass is 35.5. The fourth-order valence-corrected chi connectivity index (χ4v) is 4.11. The Labute approximate surface area is 205 Å². The van der Waals surface area contributed by atoms with E-state index in [0.717, 1.165) is 31.1 Å². The second-order valence-electron chi connectivity index (χ2n) is 8.14. The molecule has 0 N–H and O–H groups in total. The Morgan fingerprint density at radius 3 is 2.24 bits per heavy atom. The van der Waals surface area contributed by atoms with Crippen LogP contribution in [0.5, 0.6) is 0 Å². The highest BCUT2D eigenvalue weighted by Crippen LogP contribution is 2.41. The number of rotatable bonds is 7. The number of hydrogen-bond acceptors (Lipinski definition) is 2. The van der Waals surface area contributed by atoms with Gasteiger partial charge < -0.3 is 4.90 Å². The normalized spacial score (nSPS) is 15.0. The van der Waals surface area contributed by atoms with E-state index in [4.69, 9.17) is 34.8 Å². The number of likely N-dealkylation sites (N-methyl/N-ethyl adjacent to an activating group) is 1. The average molecular weight is 519 g/mol. The molecular formula is C24H21Cl3F3NO2. The van der Waals surface area contributed by atoms with Gasteiger partial charge in [-0.2, -0.15) is 13.2 Å². The lowest BCUT2D eigenvalue weighted by molar-refractivity contribution is -0.139. The molecule has 3 rings (SSSR count). The zero-order valence-electron chi connectivity index (χ0n) is 17.8. The van der Waals surface area contributed by atoms with Crippen LogP contribution >= 0.6 is 34.8 Å². The van der Waals surface area contributed by atoms with Crippen LogP contribution in [0.25, 0.3) is 6.08 Å². The number of aryl methyl sites for hydroxylation is 1. The fraction of sp³-hybridized carbons (Fsp3) is 0.333. The van der Waals surface area contributed by atoms with Crippen molar-refractivity contribution in [2.45, 2.75) is 31.9 Å². The van der Waals surface area contributed by atoms with Gasteiger partial charge in [0, 0.05) is 18.5 Å². The highest BCUT2D eigenvalue weighted by Gasteiger charge is 2.39. The summed E-state index contributed by atoms with van der Waals surface area (Å²) >= 11 is 17.7. The van der Waals surface area contributed by atoms with Crippen molar-refractivity contribution in [3.63, 3.8) is 0 Å². The van der Waals surface area contributed by atoms with E-state index in [0.29, 0.717) is 16.7 Å². The maximum Gasteiger partial charge on any atom is 0.399 e. The highest BCUT2D eigenvalue weighted by molar-refractivity contribution is 6.48. The number of ketones is 1. The van der Waals surface area contributed by atoms with Gasteiger partial charge in [-0.15, -0.1) is 0 Å².